The molecule has 5 heteroatoms. The Kier molecular flexibility index (Phi) is 3.60. The summed E-state index contributed by atoms with van der Waals surface area (Å²) in [5.41, 5.74) is 10.1. The van der Waals surface area contributed by atoms with Crippen molar-refractivity contribution < 1.29 is 4.79 Å². The molecular formula is C15H18N4O. The molecule has 0 radical (unpaired) electrons. The fraction of sp³-hybridized carbons (Fsp3) is 0.400. The van der Waals surface area contributed by atoms with Crippen molar-refractivity contribution in [3.8, 4) is 0 Å². The third kappa shape index (κ3) is 2.77. The molecule has 0 saturated carbocycles. The van der Waals surface area contributed by atoms with Crippen molar-refractivity contribution in [1.82, 2.24) is 15.0 Å². The maximum Gasteiger partial charge on any atom is 0.158 e. The van der Waals surface area contributed by atoms with Gasteiger partial charge in [0, 0.05) is 13.0 Å². The van der Waals surface area contributed by atoms with Gasteiger partial charge in [-0.25, -0.2) is 4.68 Å². The standard InChI is InChI=1S/C15H18N4O/c16-8-14-9-19(18-17-14)10-15(20)7-11-4-5-12-2-1-3-13(12)6-11/h4-6,9H,1-3,7-8,10,16H2. The summed E-state index contributed by atoms with van der Waals surface area (Å²) < 4.78 is 1.55. The van der Waals surface area contributed by atoms with Crippen LogP contribution < -0.4 is 5.73 Å². The second-order valence-corrected chi connectivity index (χ2v) is 5.28. The van der Waals surface area contributed by atoms with E-state index in [2.05, 4.69) is 28.5 Å². The van der Waals surface area contributed by atoms with Crippen LogP contribution in [0.5, 0.6) is 0 Å². The molecule has 3 rings (SSSR count). The Morgan fingerprint density at radius 3 is 2.95 bits per heavy atom. The number of nitrogens with zero attached hydrogens (tertiary/aromatic N) is 3. The lowest BCUT2D eigenvalue weighted by Gasteiger charge is -2.04. The van der Waals surface area contributed by atoms with Gasteiger partial charge in [0.1, 0.15) is 6.54 Å². The van der Waals surface area contributed by atoms with E-state index in [1.54, 1.807) is 10.9 Å². The van der Waals surface area contributed by atoms with Crippen molar-refractivity contribution in [3.05, 3.63) is 46.8 Å². The van der Waals surface area contributed by atoms with Gasteiger partial charge in [0.2, 0.25) is 0 Å². The molecule has 1 heterocycles. The highest BCUT2D eigenvalue weighted by atomic mass is 16.1. The Morgan fingerprint density at radius 1 is 1.30 bits per heavy atom. The molecular weight excluding hydrogens is 252 g/mol. The molecule has 0 spiro atoms. The number of hydrogen-bond donors (Lipinski definition) is 1. The highest BCUT2D eigenvalue weighted by molar-refractivity contribution is 5.80. The fourth-order valence-electron chi connectivity index (χ4n) is 2.71. The molecule has 1 aliphatic carbocycles. The SMILES string of the molecule is NCc1cn(CC(=O)Cc2ccc3c(c2)CCC3)nn1. The van der Waals surface area contributed by atoms with Crippen molar-refractivity contribution >= 4 is 5.78 Å². The third-order valence-electron chi connectivity index (χ3n) is 3.70. The minimum absolute atomic E-state index is 0.136. The van der Waals surface area contributed by atoms with Gasteiger partial charge in [0.15, 0.2) is 5.78 Å². The van der Waals surface area contributed by atoms with Crippen LogP contribution in [0.15, 0.2) is 24.4 Å². The summed E-state index contributed by atoms with van der Waals surface area (Å²) in [6.45, 7) is 0.600. The van der Waals surface area contributed by atoms with Crippen molar-refractivity contribution in [2.75, 3.05) is 0 Å². The van der Waals surface area contributed by atoms with Gasteiger partial charge in [-0.1, -0.05) is 23.4 Å². The topological polar surface area (TPSA) is 73.8 Å². The average molecular weight is 270 g/mol. The van der Waals surface area contributed by atoms with E-state index >= 15 is 0 Å². The lowest BCUT2D eigenvalue weighted by molar-refractivity contribution is -0.119. The van der Waals surface area contributed by atoms with Gasteiger partial charge >= 0.3 is 0 Å². The van der Waals surface area contributed by atoms with Gasteiger partial charge in [-0.15, -0.1) is 5.10 Å². The maximum atomic E-state index is 12.1. The van der Waals surface area contributed by atoms with Gasteiger partial charge < -0.3 is 5.73 Å². The molecule has 1 aromatic carbocycles. The first-order chi connectivity index (χ1) is 9.74. The number of aromatic nitrogens is 3. The predicted molar refractivity (Wildman–Crippen MR) is 75.1 cm³/mol. The smallest absolute Gasteiger partial charge is 0.158 e. The Labute approximate surface area is 117 Å². The van der Waals surface area contributed by atoms with Gasteiger partial charge in [-0.2, -0.15) is 0 Å². The molecule has 2 aromatic rings. The number of carbonyl (C=O) groups excluding carboxylic acids is 1. The van der Waals surface area contributed by atoms with E-state index in [1.807, 2.05) is 0 Å². The molecule has 0 atom stereocenters. The lowest BCUT2D eigenvalue weighted by atomic mass is 10.0. The summed E-state index contributed by atoms with van der Waals surface area (Å²) in [7, 11) is 0. The third-order valence-corrected chi connectivity index (χ3v) is 3.70. The van der Waals surface area contributed by atoms with E-state index in [0.717, 1.165) is 12.0 Å². The van der Waals surface area contributed by atoms with Crippen molar-refractivity contribution in [1.29, 1.82) is 0 Å². The van der Waals surface area contributed by atoms with Crippen LogP contribution in [0.1, 0.15) is 28.8 Å². The van der Waals surface area contributed by atoms with E-state index in [-0.39, 0.29) is 12.3 Å². The van der Waals surface area contributed by atoms with E-state index in [0.29, 0.717) is 18.7 Å². The average Bonchev–Trinajstić information content (AvgIpc) is 3.06. The zero-order valence-electron chi connectivity index (χ0n) is 11.4. The molecule has 104 valence electrons. The highest BCUT2D eigenvalue weighted by Crippen LogP contribution is 2.23. The monoisotopic (exact) mass is 270 g/mol. The number of Topliss-reactive ketones (excluding diaryl/α,β-unsaturated/α-hetero) is 1. The van der Waals surface area contributed by atoms with Crippen LogP contribution in [-0.4, -0.2) is 20.8 Å². The van der Waals surface area contributed by atoms with Gasteiger partial charge in [-0.05, 0) is 36.0 Å². The van der Waals surface area contributed by atoms with Crippen LogP contribution in [0, 0.1) is 0 Å². The molecule has 1 aromatic heterocycles. The first-order valence-corrected chi connectivity index (χ1v) is 6.96. The van der Waals surface area contributed by atoms with Crippen molar-refractivity contribution in [2.24, 2.45) is 5.73 Å². The first-order valence-electron chi connectivity index (χ1n) is 6.96. The second-order valence-electron chi connectivity index (χ2n) is 5.28. The molecule has 1 aliphatic rings. The molecule has 0 fully saturated rings. The van der Waals surface area contributed by atoms with Crippen LogP contribution in [0.4, 0.5) is 0 Å². The molecule has 2 N–H and O–H groups in total. The number of fused-ring (bicyclic) bond motifs is 1. The fourth-order valence-corrected chi connectivity index (χ4v) is 2.71. The van der Waals surface area contributed by atoms with Gasteiger partial charge in [0.05, 0.1) is 11.9 Å². The summed E-state index contributed by atoms with van der Waals surface area (Å²) in [6, 6.07) is 6.40. The van der Waals surface area contributed by atoms with Gasteiger partial charge in [-0.3, -0.25) is 4.79 Å². The molecule has 0 unspecified atom stereocenters. The number of hydrogen-bond acceptors (Lipinski definition) is 4. The molecule has 0 aliphatic heterocycles. The quantitative estimate of drug-likeness (QED) is 0.881. The number of ketones is 1. The molecule has 20 heavy (non-hydrogen) atoms. The highest BCUT2D eigenvalue weighted by Gasteiger charge is 2.12. The minimum Gasteiger partial charge on any atom is -0.325 e. The second kappa shape index (κ2) is 5.54. The zero-order chi connectivity index (χ0) is 13.9. The number of rotatable bonds is 5. The molecule has 0 saturated heterocycles. The van der Waals surface area contributed by atoms with Gasteiger partial charge in [0.25, 0.3) is 0 Å². The summed E-state index contributed by atoms with van der Waals surface area (Å²) in [4.78, 5) is 12.1. The number of benzene rings is 1. The lowest BCUT2D eigenvalue weighted by Crippen LogP contribution is -2.13. The minimum atomic E-state index is 0.136. The number of aryl methyl sites for hydroxylation is 2. The molecule has 0 amide bonds. The van der Waals surface area contributed by atoms with Crippen LogP contribution in [0.25, 0.3) is 0 Å². The van der Waals surface area contributed by atoms with E-state index in [9.17, 15) is 4.79 Å². The Balaban J connectivity index is 1.64. The summed E-state index contributed by atoms with van der Waals surface area (Å²) in [5.74, 6) is 0.136. The van der Waals surface area contributed by atoms with Crippen LogP contribution in [0.3, 0.4) is 0 Å². The predicted octanol–water partition coefficient (Wildman–Crippen LogP) is 1.04. The van der Waals surface area contributed by atoms with Crippen molar-refractivity contribution in [3.63, 3.8) is 0 Å². The van der Waals surface area contributed by atoms with E-state index in [4.69, 9.17) is 5.73 Å². The summed E-state index contributed by atoms with van der Waals surface area (Å²) >= 11 is 0. The Hall–Kier alpha value is -2.01. The normalized spacial score (nSPS) is 13.4. The van der Waals surface area contributed by atoms with Crippen LogP contribution in [0.2, 0.25) is 0 Å². The van der Waals surface area contributed by atoms with E-state index < -0.39 is 0 Å². The van der Waals surface area contributed by atoms with Crippen LogP contribution >= 0.6 is 0 Å². The molecule has 0 bridgehead atoms. The molecule has 5 nitrogen and oxygen atoms in total. The zero-order valence-corrected chi connectivity index (χ0v) is 11.4. The number of nitrogens with two attached hydrogens (primary N) is 1. The summed E-state index contributed by atoms with van der Waals surface area (Å²) in [6.07, 6.45) is 5.71. The van der Waals surface area contributed by atoms with Crippen LogP contribution in [-0.2, 0) is 37.1 Å². The Bertz CT molecular complexity index is 633. The summed E-state index contributed by atoms with van der Waals surface area (Å²) in [5, 5.41) is 7.77. The Morgan fingerprint density at radius 2 is 2.15 bits per heavy atom. The first kappa shape index (κ1) is 13.0. The van der Waals surface area contributed by atoms with Crippen molar-refractivity contribution in [2.45, 2.75) is 38.8 Å². The van der Waals surface area contributed by atoms with E-state index in [1.165, 1.54) is 24.0 Å². The number of carbonyl (C=O) groups is 1. The largest absolute Gasteiger partial charge is 0.325 e. The maximum absolute atomic E-state index is 12.1.